The Labute approximate surface area is 143 Å². The Morgan fingerprint density at radius 2 is 1.62 bits per heavy atom. The molecule has 0 fully saturated rings. The molecule has 0 aromatic heterocycles. The number of quaternary nitrogens is 1. The van der Waals surface area contributed by atoms with E-state index in [1.807, 2.05) is 0 Å². The monoisotopic (exact) mass is 367 g/mol. The van der Waals surface area contributed by atoms with E-state index < -0.39 is 46.0 Å². The summed E-state index contributed by atoms with van der Waals surface area (Å²) in [6.07, 6.45) is 0.964. The number of carbonyl (C=O) groups is 1. The molecule has 0 heterocycles. The number of nitrogens with zero attached hydrogens (tertiary/aromatic N) is 1. The van der Waals surface area contributed by atoms with Crippen LogP contribution in [0.2, 0.25) is 0 Å². The maximum Gasteiger partial charge on any atom is 0.264 e. The molecule has 3 N–H and O–H groups in total. The number of aliphatic hydroxyl groups is 2. The van der Waals surface area contributed by atoms with Gasteiger partial charge in [-0.25, -0.2) is 0 Å². The second-order valence-corrected chi connectivity index (χ2v) is 8.49. The van der Waals surface area contributed by atoms with Crippen molar-refractivity contribution in [1.82, 2.24) is 0 Å². The van der Waals surface area contributed by atoms with E-state index in [9.17, 15) is 28.5 Å². The second kappa shape index (κ2) is 8.39. The quantitative estimate of drug-likeness (QED) is 0.224. The van der Waals surface area contributed by atoms with Gasteiger partial charge in [0.15, 0.2) is 0 Å². The van der Waals surface area contributed by atoms with E-state index in [1.165, 1.54) is 6.08 Å². The molecule has 0 aromatic rings. The smallest absolute Gasteiger partial charge is 0.264 e. The Morgan fingerprint density at radius 1 is 1.17 bits per heavy atom. The topological polar surface area (TPSA) is 135 Å². The van der Waals surface area contributed by atoms with Gasteiger partial charge in [-0.2, -0.15) is 8.42 Å². The molecule has 1 atom stereocenters. The predicted octanol–water partition coefficient (Wildman–Crippen LogP) is -1.21. The Bertz CT molecular complexity index is 533. The van der Waals surface area contributed by atoms with E-state index in [0.717, 1.165) is 0 Å². The van der Waals surface area contributed by atoms with Gasteiger partial charge in [-0.1, -0.05) is 6.08 Å². The normalized spacial score (nSPS) is 15.8. The zero-order valence-corrected chi connectivity index (χ0v) is 15.4. The van der Waals surface area contributed by atoms with Gasteiger partial charge in [0.2, 0.25) is 0 Å². The number of likely N-dealkylation sites (N-methyl/N-ethyl adjacent to an activating group) is 1. The molecule has 0 aromatic carbocycles. The molecule has 0 rings (SSSR count). The standard InChI is InChI=1S/C15H29NO7S/c1-5-6-15(13(19)20,16(2,3)4)14(7-10-17,8-11-18)9-12-24(21,22)23/h5,17-18H,1,6-12H2,2-4H3,(H-,19,20,21,22,23). The van der Waals surface area contributed by atoms with Crippen molar-refractivity contribution < 1.29 is 37.6 Å². The van der Waals surface area contributed by atoms with Gasteiger partial charge in [0.25, 0.3) is 10.1 Å². The Hall–Kier alpha value is -1.00. The first-order valence-electron chi connectivity index (χ1n) is 7.64. The van der Waals surface area contributed by atoms with Crippen molar-refractivity contribution in [1.29, 1.82) is 0 Å². The number of carbonyl (C=O) groups excluding carboxylic acids is 1. The van der Waals surface area contributed by atoms with Crippen LogP contribution in [0.4, 0.5) is 0 Å². The number of aliphatic hydroxyl groups excluding tert-OH is 2. The molecule has 24 heavy (non-hydrogen) atoms. The molecule has 1 unspecified atom stereocenters. The van der Waals surface area contributed by atoms with E-state index in [1.54, 1.807) is 21.1 Å². The molecule has 0 bridgehead atoms. The summed E-state index contributed by atoms with van der Waals surface area (Å²) >= 11 is 0. The molecular weight excluding hydrogens is 338 g/mol. The fourth-order valence-electron chi connectivity index (χ4n) is 3.73. The summed E-state index contributed by atoms with van der Waals surface area (Å²) < 4.78 is 31.4. The zero-order chi connectivity index (χ0) is 19.2. The molecular formula is C15H29NO7S. The minimum atomic E-state index is -4.35. The molecule has 0 saturated carbocycles. The summed E-state index contributed by atoms with van der Waals surface area (Å²) in [4.78, 5) is 12.2. The van der Waals surface area contributed by atoms with Gasteiger partial charge in [-0.15, -0.1) is 6.58 Å². The van der Waals surface area contributed by atoms with Gasteiger partial charge in [0, 0.05) is 25.0 Å². The number of carboxylic acids is 1. The molecule has 0 aliphatic rings. The third-order valence-electron chi connectivity index (χ3n) is 4.82. The van der Waals surface area contributed by atoms with Crippen LogP contribution in [0.3, 0.4) is 0 Å². The van der Waals surface area contributed by atoms with Crippen molar-refractivity contribution >= 4 is 16.1 Å². The van der Waals surface area contributed by atoms with E-state index in [4.69, 9.17) is 4.55 Å². The summed E-state index contributed by atoms with van der Waals surface area (Å²) in [5.41, 5.74) is -2.97. The van der Waals surface area contributed by atoms with Gasteiger partial charge in [-0.3, -0.25) is 4.55 Å². The number of hydrogen-bond acceptors (Lipinski definition) is 6. The minimum Gasteiger partial charge on any atom is -0.544 e. The van der Waals surface area contributed by atoms with Crippen molar-refractivity contribution in [2.45, 2.75) is 31.2 Å². The van der Waals surface area contributed by atoms with Crippen LogP contribution < -0.4 is 5.11 Å². The molecule has 0 amide bonds. The third kappa shape index (κ3) is 4.76. The lowest BCUT2D eigenvalue weighted by Gasteiger charge is -2.57. The summed E-state index contributed by atoms with van der Waals surface area (Å²) in [5, 5.41) is 31.2. The summed E-state index contributed by atoms with van der Waals surface area (Å²) in [6, 6.07) is 0. The summed E-state index contributed by atoms with van der Waals surface area (Å²) in [5.74, 6) is -2.11. The molecule has 0 spiro atoms. The van der Waals surface area contributed by atoms with Crippen LogP contribution in [0.5, 0.6) is 0 Å². The van der Waals surface area contributed by atoms with Crippen LogP contribution >= 0.6 is 0 Å². The second-order valence-electron chi connectivity index (χ2n) is 6.92. The van der Waals surface area contributed by atoms with Crippen molar-refractivity contribution in [2.75, 3.05) is 40.1 Å². The zero-order valence-electron chi connectivity index (χ0n) is 14.6. The minimum absolute atomic E-state index is 0.0513. The van der Waals surface area contributed by atoms with Crippen LogP contribution in [0, 0.1) is 5.41 Å². The lowest BCUT2D eigenvalue weighted by molar-refractivity contribution is -0.925. The van der Waals surface area contributed by atoms with E-state index >= 15 is 0 Å². The molecule has 8 nitrogen and oxygen atoms in total. The number of rotatable bonds is 12. The molecule has 0 aliphatic carbocycles. The van der Waals surface area contributed by atoms with E-state index in [-0.39, 0.29) is 30.2 Å². The van der Waals surface area contributed by atoms with Crippen molar-refractivity contribution in [2.24, 2.45) is 5.41 Å². The van der Waals surface area contributed by atoms with Gasteiger partial charge >= 0.3 is 0 Å². The van der Waals surface area contributed by atoms with Gasteiger partial charge in [0.05, 0.1) is 26.9 Å². The number of aliphatic carboxylic acids is 1. The average molecular weight is 367 g/mol. The third-order valence-corrected chi connectivity index (χ3v) is 5.54. The van der Waals surface area contributed by atoms with Gasteiger partial charge < -0.3 is 24.6 Å². The molecule has 142 valence electrons. The first-order valence-corrected chi connectivity index (χ1v) is 9.25. The highest BCUT2D eigenvalue weighted by molar-refractivity contribution is 7.85. The summed E-state index contributed by atoms with van der Waals surface area (Å²) in [6.45, 7) is 2.78. The first-order chi connectivity index (χ1) is 10.8. The van der Waals surface area contributed by atoms with E-state index in [0.29, 0.717) is 0 Å². The molecule has 9 heteroatoms. The largest absolute Gasteiger partial charge is 0.544 e. The lowest BCUT2D eigenvalue weighted by atomic mass is 9.60. The fraction of sp³-hybridized carbons (Fsp3) is 0.800. The van der Waals surface area contributed by atoms with E-state index in [2.05, 4.69) is 6.58 Å². The maximum atomic E-state index is 12.2. The summed E-state index contributed by atoms with van der Waals surface area (Å²) in [7, 11) is 0.514. The highest BCUT2D eigenvalue weighted by Gasteiger charge is 2.59. The fourth-order valence-corrected chi connectivity index (χ4v) is 4.38. The molecule has 0 aliphatic heterocycles. The van der Waals surface area contributed by atoms with Crippen LogP contribution in [0.15, 0.2) is 12.7 Å². The molecule has 0 saturated heterocycles. The highest BCUT2D eigenvalue weighted by atomic mass is 32.2. The highest BCUT2D eigenvalue weighted by Crippen LogP contribution is 2.49. The van der Waals surface area contributed by atoms with Crippen LogP contribution in [0.25, 0.3) is 0 Å². The molecule has 0 radical (unpaired) electrons. The lowest BCUT2D eigenvalue weighted by Crippen LogP contribution is -2.74. The maximum absolute atomic E-state index is 12.2. The Balaban J connectivity index is 6.53. The first kappa shape index (κ1) is 23.0. The number of carboxylic acid groups (broad SMARTS) is 1. The average Bonchev–Trinajstić information content (AvgIpc) is 2.40. The van der Waals surface area contributed by atoms with Crippen LogP contribution in [0.1, 0.15) is 25.7 Å². The van der Waals surface area contributed by atoms with Crippen molar-refractivity contribution in [3.05, 3.63) is 12.7 Å². The van der Waals surface area contributed by atoms with Crippen LogP contribution in [-0.2, 0) is 14.9 Å². The van der Waals surface area contributed by atoms with Crippen LogP contribution in [-0.4, -0.2) is 79.3 Å². The Morgan fingerprint density at radius 3 is 1.88 bits per heavy atom. The Kier molecular flexibility index (Phi) is 8.04. The predicted molar refractivity (Wildman–Crippen MR) is 87.5 cm³/mol. The van der Waals surface area contributed by atoms with Gasteiger partial charge in [0.1, 0.15) is 11.5 Å². The SMILES string of the molecule is C=CCC(C(=O)[O-])(C(CCO)(CCO)CCS(=O)(=O)O)[N+](C)(C)C. The van der Waals surface area contributed by atoms with Crippen molar-refractivity contribution in [3.8, 4) is 0 Å². The number of hydrogen-bond donors (Lipinski definition) is 3. The van der Waals surface area contributed by atoms with Gasteiger partial charge in [-0.05, 0) is 19.3 Å². The van der Waals surface area contributed by atoms with Crippen molar-refractivity contribution in [3.63, 3.8) is 0 Å².